The van der Waals surface area contributed by atoms with Gasteiger partial charge in [-0.05, 0) is 30.3 Å². The van der Waals surface area contributed by atoms with E-state index < -0.39 is 0 Å². The van der Waals surface area contributed by atoms with E-state index >= 15 is 0 Å². The first-order valence-electron chi connectivity index (χ1n) is 6.70. The Hall–Kier alpha value is -2.95. The molecule has 1 N–H and O–H groups in total. The van der Waals surface area contributed by atoms with Crippen LogP contribution in [-0.4, -0.2) is 19.5 Å². The van der Waals surface area contributed by atoms with Crippen molar-refractivity contribution in [1.82, 2.24) is 19.5 Å². The number of aryl methyl sites for hydroxylation is 1. The summed E-state index contributed by atoms with van der Waals surface area (Å²) in [6.45, 7) is 0. The fourth-order valence-corrected chi connectivity index (χ4v) is 2.55. The van der Waals surface area contributed by atoms with Crippen LogP contribution in [0, 0.1) is 0 Å². The fraction of sp³-hybridized carbons (Fsp3) is 0.0625. The minimum absolute atomic E-state index is 0.778. The van der Waals surface area contributed by atoms with Gasteiger partial charge >= 0.3 is 0 Å². The molecule has 5 heteroatoms. The standard InChI is InChI=1S/C16H13N5/c1-21-13-7-9-17-10-12(13)11-5-6-15(20-16(11)21)19-14-4-2-3-8-18-14/h2-10H,1H3,(H,18,19,20). The third-order valence-corrected chi connectivity index (χ3v) is 3.56. The molecule has 0 saturated carbocycles. The van der Waals surface area contributed by atoms with Gasteiger partial charge in [-0.1, -0.05) is 6.07 Å². The zero-order valence-electron chi connectivity index (χ0n) is 11.5. The third-order valence-electron chi connectivity index (χ3n) is 3.56. The highest BCUT2D eigenvalue weighted by Crippen LogP contribution is 2.27. The molecule has 4 heterocycles. The maximum atomic E-state index is 4.69. The molecule has 0 saturated heterocycles. The van der Waals surface area contributed by atoms with Gasteiger partial charge in [-0.25, -0.2) is 9.97 Å². The first kappa shape index (κ1) is 11.8. The molecule has 0 spiro atoms. The normalized spacial score (nSPS) is 11.1. The summed E-state index contributed by atoms with van der Waals surface area (Å²) in [6.07, 6.45) is 5.43. The lowest BCUT2D eigenvalue weighted by Crippen LogP contribution is -1.97. The van der Waals surface area contributed by atoms with Gasteiger partial charge in [0.05, 0.1) is 5.52 Å². The van der Waals surface area contributed by atoms with Crippen molar-refractivity contribution >= 4 is 33.6 Å². The van der Waals surface area contributed by atoms with Crippen molar-refractivity contribution in [2.45, 2.75) is 0 Å². The van der Waals surface area contributed by atoms with E-state index in [-0.39, 0.29) is 0 Å². The number of hydrogen-bond donors (Lipinski definition) is 1. The van der Waals surface area contributed by atoms with Crippen molar-refractivity contribution in [2.75, 3.05) is 5.32 Å². The van der Waals surface area contributed by atoms with E-state index in [9.17, 15) is 0 Å². The van der Waals surface area contributed by atoms with E-state index in [4.69, 9.17) is 4.98 Å². The SMILES string of the molecule is Cn1c2ccncc2c2ccc(Nc3ccccn3)nc21. The predicted molar refractivity (Wildman–Crippen MR) is 83.5 cm³/mol. The van der Waals surface area contributed by atoms with E-state index in [1.165, 1.54) is 0 Å². The van der Waals surface area contributed by atoms with Gasteiger partial charge in [-0.15, -0.1) is 0 Å². The maximum absolute atomic E-state index is 4.69. The summed E-state index contributed by atoms with van der Waals surface area (Å²) < 4.78 is 2.08. The summed E-state index contributed by atoms with van der Waals surface area (Å²) in [7, 11) is 2.02. The van der Waals surface area contributed by atoms with Gasteiger partial charge in [-0.2, -0.15) is 0 Å². The van der Waals surface area contributed by atoms with E-state index in [1.807, 2.05) is 43.6 Å². The van der Waals surface area contributed by atoms with Gasteiger partial charge in [0.25, 0.3) is 0 Å². The van der Waals surface area contributed by atoms with Crippen LogP contribution < -0.4 is 5.32 Å². The molecule has 0 aliphatic rings. The molecule has 0 aromatic carbocycles. The Labute approximate surface area is 121 Å². The highest BCUT2D eigenvalue weighted by molar-refractivity contribution is 6.06. The van der Waals surface area contributed by atoms with Crippen LogP contribution in [-0.2, 0) is 7.05 Å². The minimum Gasteiger partial charge on any atom is -0.328 e. The van der Waals surface area contributed by atoms with Gasteiger partial charge < -0.3 is 9.88 Å². The Morgan fingerprint density at radius 1 is 0.952 bits per heavy atom. The molecule has 102 valence electrons. The molecule has 0 fully saturated rings. The number of aromatic nitrogens is 4. The number of hydrogen-bond acceptors (Lipinski definition) is 4. The van der Waals surface area contributed by atoms with E-state index in [2.05, 4.69) is 25.9 Å². The predicted octanol–water partition coefficient (Wildman–Crippen LogP) is 3.26. The quantitative estimate of drug-likeness (QED) is 0.610. The smallest absolute Gasteiger partial charge is 0.143 e. The molecule has 5 nitrogen and oxygen atoms in total. The van der Waals surface area contributed by atoms with Gasteiger partial charge in [-0.3, -0.25) is 4.98 Å². The van der Waals surface area contributed by atoms with Crippen LogP contribution in [0.1, 0.15) is 0 Å². The average Bonchev–Trinajstić information content (AvgIpc) is 2.82. The van der Waals surface area contributed by atoms with Crippen molar-refractivity contribution < 1.29 is 0 Å². The molecule has 0 unspecified atom stereocenters. The van der Waals surface area contributed by atoms with Crippen LogP contribution in [0.4, 0.5) is 11.6 Å². The molecule has 0 amide bonds. The number of pyridine rings is 3. The van der Waals surface area contributed by atoms with Crippen LogP contribution in [0.2, 0.25) is 0 Å². The lowest BCUT2D eigenvalue weighted by atomic mass is 10.2. The lowest BCUT2D eigenvalue weighted by Gasteiger charge is -2.05. The van der Waals surface area contributed by atoms with Gasteiger partial charge in [0, 0.05) is 36.4 Å². The molecule has 21 heavy (non-hydrogen) atoms. The topological polar surface area (TPSA) is 55.6 Å². The Bertz CT molecular complexity index is 927. The molecular weight excluding hydrogens is 262 g/mol. The van der Waals surface area contributed by atoms with Crippen molar-refractivity contribution in [3.8, 4) is 0 Å². The van der Waals surface area contributed by atoms with Crippen LogP contribution >= 0.6 is 0 Å². The second kappa shape index (κ2) is 4.56. The zero-order valence-corrected chi connectivity index (χ0v) is 11.5. The molecule has 4 rings (SSSR count). The summed E-state index contributed by atoms with van der Waals surface area (Å²) in [4.78, 5) is 13.1. The number of nitrogens with one attached hydrogen (secondary N) is 1. The summed E-state index contributed by atoms with van der Waals surface area (Å²) in [5.41, 5.74) is 2.06. The Balaban J connectivity index is 1.86. The Morgan fingerprint density at radius 2 is 1.90 bits per heavy atom. The zero-order chi connectivity index (χ0) is 14.2. The van der Waals surface area contributed by atoms with Crippen molar-refractivity contribution in [3.63, 3.8) is 0 Å². The molecule has 0 aliphatic carbocycles. The second-order valence-corrected chi connectivity index (χ2v) is 4.86. The summed E-state index contributed by atoms with van der Waals surface area (Å²) in [5.74, 6) is 1.56. The van der Waals surface area contributed by atoms with E-state index in [0.717, 1.165) is 33.6 Å². The van der Waals surface area contributed by atoms with Crippen LogP contribution in [0.15, 0.2) is 55.0 Å². The molecule has 0 atom stereocenters. The van der Waals surface area contributed by atoms with Gasteiger partial charge in [0.2, 0.25) is 0 Å². The fourth-order valence-electron chi connectivity index (χ4n) is 2.55. The van der Waals surface area contributed by atoms with Crippen LogP contribution in [0.5, 0.6) is 0 Å². The number of anilines is 2. The first-order chi connectivity index (χ1) is 10.3. The largest absolute Gasteiger partial charge is 0.328 e. The second-order valence-electron chi connectivity index (χ2n) is 4.86. The summed E-state index contributed by atoms with van der Waals surface area (Å²) >= 11 is 0. The number of nitrogens with zero attached hydrogens (tertiary/aromatic N) is 4. The molecule has 0 radical (unpaired) electrons. The van der Waals surface area contributed by atoms with Gasteiger partial charge in [0.15, 0.2) is 0 Å². The number of fused-ring (bicyclic) bond motifs is 3. The lowest BCUT2D eigenvalue weighted by molar-refractivity contribution is 0.989. The van der Waals surface area contributed by atoms with Crippen molar-refractivity contribution in [2.24, 2.45) is 7.05 Å². The molecular formula is C16H13N5. The molecule has 0 aliphatic heterocycles. The average molecular weight is 275 g/mol. The summed E-state index contributed by atoms with van der Waals surface area (Å²) in [5, 5.41) is 5.44. The molecule has 0 bridgehead atoms. The van der Waals surface area contributed by atoms with E-state index in [0.29, 0.717) is 0 Å². The third kappa shape index (κ3) is 1.90. The minimum atomic E-state index is 0.778. The Morgan fingerprint density at radius 3 is 2.76 bits per heavy atom. The highest BCUT2D eigenvalue weighted by atomic mass is 15.1. The van der Waals surface area contributed by atoms with Crippen LogP contribution in [0.25, 0.3) is 21.9 Å². The van der Waals surface area contributed by atoms with Gasteiger partial charge in [0.1, 0.15) is 17.3 Å². The molecule has 4 aromatic heterocycles. The summed E-state index contributed by atoms with van der Waals surface area (Å²) in [6, 6.07) is 11.8. The monoisotopic (exact) mass is 275 g/mol. The molecule has 4 aromatic rings. The maximum Gasteiger partial charge on any atom is 0.143 e. The highest BCUT2D eigenvalue weighted by Gasteiger charge is 2.10. The van der Waals surface area contributed by atoms with E-state index in [1.54, 1.807) is 12.4 Å². The van der Waals surface area contributed by atoms with Crippen molar-refractivity contribution in [1.29, 1.82) is 0 Å². The number of rotatable bonds is 2. The van der Waals surface area contributed by atoms with Crippen LogP contribution in [0.3, 0.4) is 0 Å². The Kier molecular flexibility index (Phi) is 2.57. The first-order valence-corrected chi connectivity index (χ1v) is 6.70. The van der Waals surface area contributed by atoms with Crippen molar-refractivity contribution in [3.05, 3.63) is 55.0 Å².